The molecular weight excluding hydrogens is 662 g/mol. The summed E-state index contributed by atoms with van der Waals surface area (Å²) in [5, 5.41) is 19.3. The van der Waals surface area contributed by atoms with Crippen molar-refractivity contribution in [3.63, 3.8) is 0 Å². The van der Waals surface area contributed by atoms with Gasteiger partial charge in [-0.05, 0) is 47.8 Å². The van der Waals surface area contributed by atoms with E-state index in [0.29, 0.717) is 39.0 Å². The summed E-state index contributed by atoms with van der Waals surface area (Å²) >= 11 is 0. The summed E-state index contributed by atoms with van der Waals surface area (Å²) in [6, 6.07) is 12.6. The van der Waals surface area contributed by atoms with Crippen molar-refractivity contribution in [2.75, 3.05) is 33.3 Å². The number of carbonyl (C=O) groups is 4. The normalized spacial score (nSPS) is 16.6. The van der Waals surface area contributed by atoms with Crippen molar-refractivity contribution in [3.8, 4) is 0 Å². The van der Waals surface area contributed by atoms with Crippen LogP contribution in [0, 0.1) is 23.7 Å². The summed E-state index contributed by atoms with van der Waals surface area (Å²) < 4.78 is 4.77. The van der Waals surface area contributed by atoms with Crippen molar-refractivity contribution >= 4 is 23.9 Å². The molecule has 5 unspecified atom stereocenters. The molecule has 13 nitrogen and oxygen atoms in total. The predicted molar refractivity (Wildman–Crippen MR) is 201 cm³/mol. The number of amides is 5. The fraction of sp³-hybridized carbons (Fsp3) is 0.615. The minimum Gasteiger partial charge on any atom is -0.453 e. The first-order chi connectivity index (χ1) is 24.3. The maximum Gasteiger partial charge on any atom is 0.407 e. The molecule has 4 N–H and O–H groups in total. The highest BCUT2D eigenvalue weighted by atomic mass is 16.5. The Balaban J connectivity index is 1.88. The Bertz CT molecular complexity index is 1490. The van der Waals surface area contributed by atoms with Crippen molar-refractivity contribution in [2.45, 2.75) is 106 Å². The average molecular weight is 724 g/mol. The summed E-state index contributed by atoms with van der Waals surface area (Å²) in [4.78, 5) is 61.8. The van der Waals surface area contributed by atoms with Gasteiger partial charge in [-0.1, -0.05) is 98.2 Å². The molecule has 2 aromatic rings. The van der Waals surface area contributed by atoms with E-state index in [2.05, 4.69) is 21.0 Å². The zero-order valence-electron chi connectivity index (χ0n) is 32.7. The monoisotopic (exact) mass is 723 g/mol. The number of nitrogens with zero attached hydrogens (tertiary/aromatic N) is 4. The number of carbonyl (C=O) groups excluding carboxylic acids is 4. The van der Waals surface area contributed by atoms with Crippen LogP contribution >= 0.6 is 0 Å². The van der Waals surface area contributed by atoms with Crippen molar-refractivity contribution < 1.29 is 29.0 Å². The van der Waals surface area contributed by atoms with E-state index < -0.39 is 41.6 Å². The molecule has 1 aromatic carbocycles. The molecule has 5 amide bonds. The van der Waals surface area contributed by atoms with E-state index in [1.807, 2.05) is 111 Å². The Hall–Kier alpha value is -4.23. The first-order valence-corrected chi connectivity index (χ1v) is 18.2. The van der Waals surface area contributed by atoms with Gasteiger partial charge in [0.25, 0.3) is 5.91 Å². The van der Waals surface area contributed by atoms with E-state index in [9.17, 15) is 24.3 Å². The van der Waals surface area contributed by atoms with E-state index in [4.69, 9.17) is 4.74 Å². The van der Waals surface area contributed by atoms with Gasteiger partial charge in [-0.2, -0.15) is 0 Å². The quantitative estimate of drug-likeness (QED) is 0.187. The summed E-state index contributed by atoms with van der Waals surface area (Å²) in [6.45, 7) is 18.9. The van der Waals surface area contributed by atoms with Gasteiger partial charge in [0.05, 0.1) is 31.5 Å². The fourth-order valence-electron chi connectivity index (χ4n) is 6.39. The molecule has 1 aromatic heterocycles. The van der Waals surface area contributed by atoms with Crippen LogP contribution in [0.25, 0.3) is 0 Å². The molecule has 52 heavy (non-hydrogen) atoms. The first kappa shape index (κ1) is 42.2. The molecule has 0 saturated carbocycles. The smallest absolute Gasteiger partial charge is 0.407 e. The highest BCUT2D eigenvalue weighted by Gasteiger charge is 2.41. The van der Waals surface area contributed by atoms with Crippen LogP contribution in [0.2, 0.25) is 0 Å². The number of hydrogen-bond donors (Lipinski definition) is 4. The van der Waals surface area contributed by atoms with Crippen LogP contribution in [-0.2, 0) is 27.3 Å². The number of hydrazine groups is 1. The Kier molecular flexibility index (Phi) is 15.0. The van der Waals surface area contributed by atoms with E-state index in [1.165, 1.54) is 7.11 Å². The van der Waals surface area contributed by atoms with Gasteiger partial charge in [-0.15, -0.1) is 0 Å². The summed E-state index contributed by atoms with van der Waals surface area (Å²) in [5.41, 5.74) is 4.54. The van der Waals surface area contributed by atoms with Crippen molar-refractivity contribution in [2.24, 2.45) is 16.7 Å². The molecule has 0 spiro atoms. The summed E-state index contributed by atoms with van der Waals surface area (Å²) in [6.07, 6.45) is -0.895. The van der Waals surface area contributed by atoms with Crippen LogP contribution in [0.3, 0.4) is 0 Å². The molecule has 1 aliphatic heterocycles. The number of pyridine rings is 1. The molecule has 3 rings (SSSR count). The number of aromatic nitrogens is 1. The maximum absolute atomic E-state index is 14.3. The van der Waals surface area contributed by atoms with Gasteiger partial charge in [0.2, 0.25) is 5.91 Å². The van der Waals surface area contributed by atoms with Crippen LogP contribution in [0.4, 0.5) is 9.59 Å². The van der Waals surface area contributed by atoms with E-state index >= 15 is 0 Å². The molecule has 1 fully saturated rings. The molecule has 1 saturated heterocycles. The number of nitrogens with one attached hydrogen (secondary N) is 3. The second-order valence-electron chi connectivity index (χ2n) is 16.2. The number of alkyl carbamates (subject to hydrolysis) is 1. The Morgan fingerprint density at radius 1 is 0.981 bits per heavy atom. The zero-order valence-corrected chi connectivity index (χ0v) is 32.7. The summed E-state index contributed by atoms with van der Waals surface area (Å²) in [5.74, 6) is -0.976. The first-order valence-electron chi connectivity index (χ1n) is 18.2. The van der Waals surface area contributed by atoms with Crippen LogP contribution in [0.5, 0.6) is 0 Å². The third-order valence-corrected chi connectivity index (χ3v) is 9.22. The summed E-state index contributed by atoms with van der Waals surface area (Å²) in [7, 11) is 1.24. The Morgan fingerprint density at radius 2 is 1.65 bits per heavy atom. The number of aliphatic hydroxyl groups excluding tert-OH is 1. The Morgan fingerprint density at radius 3 is 2.23 bits per heavy atom. The molecule has 1 aliphatic rings. The fourth-order valence-corrected chi connectivity index (χ4v) is 6.39. The average Bonchev–Trinajstić information content (AvgIpc) is 3.40. The lowest BCUT2D eigenvalue weighted by molar-refractivity contribution is -0.133. The van der Waals surface area contributed by atoms with Gasteiger partial charge >= 0.3 is 12.1 Å². The Labute approximate surface area is 309 Å². The van der Waals surface area contributed by atoms with Gasteiger partial charge < -0.3 is 30.3 Å². The molecule has 0 bridgehead atoms. The number of aryl methyl sites for hydroxylation is 1. The minimum atomic E-state index is -1.13. The maximum atomic E-state index is 14.3. The van der Waals surface area contributed by atoms with Crippen LogP contribution in [0.15, 0.2) is 48.5 Å². The van der Waals surface area contributed by atoms with Crippen LogP contribution in [-0.4, -0.2) is 106 Å². The van der Waals surface area contributed by atoms with Crippen molar-refractivity contribution in [3.05, 3.63) is 65.5 Å². The topological polar surface area (TPSA) is 156 Å². The molecule has 0 radical (unpaired) electrons. The second kappa shape index (κ2) is 18.5. The minimum absolute atomic E-state index is 0.0240. The van der Waals surface area contributed by atoms with E-state index in [0.717, 1.165) is 17.0 Å². The van der Waals surface area contributed by atoms with Gasteiger partial charge in [0, 0.05) is 31.9 Å². The van der Waals surface area contributed by atoms with Gasteiger partial charge in [0.1, 0.15) is 12.1 Å². The SMILES string of the molecule is CCC(C)C(C(=O)NC(Cc1ccccc1)C(O)CN(CC(C)(C)C)NC(=O)C(NC(=O)OC)C(C)(C)C)N1CCN(Cc2cccc(C)n2)C1=O. The number of hydrogen-bond acceptors (Lipinski definition) is 8. The largest absolute Gasteiger partial charge is 0.453 e. The van der Waals surface area contributed by atoms with Gasteiger partial charge in [0.15, 0.2) is 0 Å². The lowest BCUT2D eigenvalue weighted by Crippen LogP contribution is -2.61. The van der Waals surface area contributed by atoms with Crippen molar-refractivity contribution in [1.82, 2.24) is 35.9 Å². The van der Waals surface area contributed by atoms with Crippen LogP contribution in [0.1, 0.15) is 78.8 Å². The number of benzene rings is 1. The molecule has 13 heteroatoms. The second-order valence-corrected chi connectivity index (χ2v) is 16.2. The third kappa shape index (κ3) is 12.5. The number of aliphatic hydroxyl groups is 1. The third-order valence-electron chi connectivity index (χ3n) is 9.22. The molecule has 2 heterocycles. The van der Waals surface area contributed by atoms with Crippen molar-refractivity contribution in [1.29, 1.82) is 0 Å². The standard InChI is InChI=1S/C39H61N7O6/c1-11-26(2)32(46-21-20-44(37(46)51)23-29-19-15-16-27(3)40-29)34(48)41-30(22-28-17-13-12-14-18-28)31(47)24-45(25-38(4,5)6)43-35(49)33(39(7,8)9)42-36(50)52-10/h12-19,26,30-33,47H,11,20-25H2,1-10H3,(H,41,48)(H,42,50)(H,43,49). The molecule has 0 aliphatic carbocycles. The number of ether oxygens (including phenoxy) is 1. The number of urea groups is 1. The van der Waals surface area contributed by atoms with Gasteiger partial charge in [-0.3, -0.25) is 20.0 Å². The highest BCUT2D eigenvalue weighted by Crippen LogP contribution is 2.24. The van der Waals surface area contributed by atoms with Gasteiger partial charge in [-0.25, -0.2) is 14.6 Å². The molecule has 288 valence electrons. The van der Waals surface area contributed by atoms with E-state index in [-0.39, 0.29) is 29.8 Å². The molecule has 5 atom stereocenters. The lowest BCUT2D eigenvalue weighted by atomic mass is 9.86. The van der Waals surface area contributed by atoms with Crippen LogP contribution < -0.4 is 16.1 Å². The highest BCUT2D eigenvalue weighted by molar-refractivity contribution is 5.88. The predicted octanol–water partition coefficient (Wildman–Crippen LogP) is 4.28. The lowest BCUT2D eigenvalue weighted by Gasteiger charge is -2.37. The number of methoxy groups -OCH3 is 1. The number of rotatable bonds is 16. The molecular formula is C39H61N7O6. The van der Waals surface area contributed by atoms with E-state index in [1.54, 1.807) is 14.8 Å². The zero-order chi connectivity index (χ0) is 38.8.